The minimum atomic E-state index is -0.886. The third-order valence-electron chi connectivity index (χ3n) is 3.92. The van der Waals surface area contributed by atoms with Gasteiger partial charge in [-0.1, -0.05) is 30.3 Å². The highest BCUT2D eigenvalue weighted by molar-refractivity contribution is 6.05. The Morgan fingerprint density at radius 2 is 1.77 bits per heavy atom. The van der Waals surface area contributed by atoms with Crippen molar-refractivity contribution in [2.24, 2.45) is 11.7 Å². The van der Waals surface area contributed by atoms with Crippen molar-refractivity contribution >= 4 is 23.4 Å². The molecule has 0 radical (unpaired) electrons. The predicted octanol–water partition coefficient (Wildman–Crippen LogP) is 2.72. The minimum absolute atomic E-state index is 0.0462. The Bertz CT molecular complexity index is 758. The van der Waals surface area contributed by atoms with E-state index in [0.717, 1.165) is 5.56 Å². The van der Waals surface area contributed by atoms with Crippen molar-refractivity contribution in [1.29, 1.82) is 5.41 Å². The summed E-state index contributed by atoms with van der Waals surface area (Å²) in [5, 5.41) is 10.1. The van der Waals surface area contributed by atoms with E-state index in [1.165, 1.54) is 0 Å². The number of ether oxygens (including phenoxy) is 1. The first-order chi connectivity index (χ1) is 12.5. The van der Waals surface area contributed by atoms with E-state index < -0.39 is 17.8 Å². The van der Waals surface area contributed by atoms with Gasteiger partial charge in [0.15, 0.2) is 0 Å². The number of rotatable bonds is 8. The first kappa shape index (κ1) is 19.2. The zero-order valence-electron chi connectivity index (χ0n) is 14.7. The van der Waals surface area contributed by atoms with Gasteiger partial charge in [0.25, 0.3) is 0 Å². The second kappa shape index (κ2) is 9.36. The maximum atomic E-state index is 12.6. The summed E-state index contributed by atoms with van der Waals surface area (Å²) in [7, 11) is 0. The van der Waals surface area contributed by atoms with Gasteiger partial charge in [0.2, 0.25) is 5.91 Å². The van der Waals surface area contributed by atoms with E-state index in [-0.39, 0.29) is 12.4 Å². The average Bonchev–Trinajstić information content (AvgIpc) is 2.63. The second-order valence-corrected chi connectivity index (χ2v) is 5.81. The van der Waals surface area contributed by atoms with E-state index in [0.29, 0.717) is 24.1 Å². The number of esters is 1. The van der Waals surface area contributed by atoms with E-state index in [1.807, 2.05) is 30.3 Å². The molecule has 0 saturated carbocycles. The van der Waals surface area contributed by atoms with Gasteiger partial charge in [-0.2, -0.15) is 0 Å². The Morgan fingerprint density at radius 3 is 2.35 bits per heavy atom. The predicted molar refractivity (Wildman–Crippen MR) is 101 cm³/mol. The van der Waals surface area contributed by atoms with Crippen LogP contribution in [0.4, 0.5) is 5.69 Å². The van der Waals surface area contributed by atoms with E-state index in [1.54, 1.807) is 31.2 Å². The Morgan fingerprint density at radius 1 is 1.12 bits per heavy atom. The van der Waals surface area contributed by atoms with Crippen LogP contribution in [0.3, 0.4) is 0 Å². The maximum Gasteiger partial charge on any atom is 0.318 e. The fourth-order valence-corrected chi connectivity index (χ4v) is 2.52. The summed E-state index contributed by atoms with van der Waals surface area (Å²) in [6.45, 7) is 1.94. The molecular formula is C20H23N3O3. The largest absolute Gasteiger partial charge is 0.465 e. The molecule has 1 amide bonds. The molecule has 0 saturated heterocycles. The highest BCUT2D eigenvalue weighted by atomic mass is 16.5. The number of hydrogen-bond donors (Lipinski definition) is 3. The molecule has 2 rings (SSSR count). The second-order valence-electron chi connectivity index (χ2n) is 5.81. The van der Waals surface area contributed by atoms with Gasteiger partial charge in [-0.15, -0.1) is 0 Å². The number of nitrogens with one attached hydrogen (secondary N) is 2. The Kier molecular flexibility index (Phi) is 6.91. The molecule has 0 spiro atoms. The fourth-order valence-electron chi connectivity index (χ4n) is 2.52. The first-order valence-corrected chi connectivity index (χ1v) is 8.47. The number of benzene rings is 2. The van der Waals surface area contributed by atoms with Gasteiger partial charge in [-0.25, -0.2) is 0 Å². The van der Waals surface area contributed by atoms with Crippen molar-refractivity contribution in [3.8, 4) is 0 Å². The molecule has 6 nitrogen and oxygen atoms in total. The van der Waals surface area contributed by atoms with Gasteiger partial charge in [0.05, 0.1) is 6.61 Å². The fraction of sp³-hybridized carbons (Fsp3) is 0.250. The Labute approximate surface area is 152 Å². The summed E-state index contributed by atoms with van der Waals surface area (Å²) in [4.78, 5) is 24.8. The summed E-state index contributed by atoms with van der Waals surface area (Å²) in [6, 6.07) is 16.3. The smallest absolute Gasteiger partial charge is 0.318 e. The molecule has 6 heteroatoms. The third-order valence-corrected chi connectivity index (χ3v) is 3.92. The number of aryl methyl sites for hydroxylation is 1. The first-order valence-electron chi connectivity index (χ1n) is 8.47. The van der Waals surface area contributed by atoms with Gasteiger partial charge in [0.1, 0.15) is 11.8 Å². The Balaban J connectivity index is 2.06. The van der Waals surface area contributed by atoms with Crippen LogP contribution < -0.4 is 11.1 Å². The molecule has 26 heavy (non-hydrogen) atoms. The molecule has 0 heterocycles. The number of anilines is 1. The lowest BCUT2D eigenvalue weighted by Crippen LogP contribution is -2.31. The van der Waals surface area contributed by atoms with Gasteiger partial charge < -0.3 is 15.8 Å². The van der Waals surface area contributed by atoms with E-state index in [4.69, 9.17) is 15.9 Å². The van der Waals surface area contributed by atoms with Crippen LogP contribution in [0.1, 0.15) is 24.5 Å². The van der Waals surface area contributed by atoms with Crippen LogP contribution in [0.5, 0.6) is 0 Å². The van der Waals surface area contributed by atoms with Crippen LogP contribution in [-0.4, -0.2) is 24.3 Å². The third kappa shape index (κ3) is 5.44. The Hall–Kier alpha value is -3.15. The van der Waals surface area contributed by atoms with Crippen LogP contribution in [0.2, 0.25) is 0 Å². The monoisotopic (exact) mass is 353 g/mol. The number of hydrogen-bond acceptors (Lipinski definition) is 4. The molecule has 1 unspecified atom stereocenters. The molecule has 136 valence electrons. The maximum absolute atomic E-state index is 12.6. The highest BCUT2D eigenvalue weighted by Crippen LogP contribution is 2.16. The number of carbonyl (C=O) groups excluding carboxylic acids is 2. The summed E-state index contributed by atoms with van der Waals surface area (Å²) in [5.74, 6) is -1.87. The van der Waals surface area contributed by atoms with Crippen molar-refractivity contribution in [2.45, 2.75) is 19.8 Å². The number of nitrogens with two attached hydrogens (primary N) is 1. The average molecular weight is 353 g/mol. The molecule has 0 aromatic heterocycles. The summed E-state index contributed by atoms with van der Waals surface area (Å²) >= 11 is 0. The lowest BCUT2D eigenvalue weighted by molar-refractivity contribution is -0.151. The molecule has 0 fully saturated rings. The van der Waals surface area contributed by atoms with E-state index in [2.05, 4.69) is 5.32 Å². The standard InChI is InChI=1S/C20H23N3O3/c1-2-26-20(25)17(13-8-14-6-4-3-5-7-14)19(24)23-16-11-9-15(10-12-16)18(21)22/h3-7,9-12,17H,2,8,13H2,1H3,(H3,21,22)(H,23,24). The summed E-state index contributed by atoms with van der Waals surface area (Å²) < 4.78 is 5.06. The minimum Gasteiger partial charge on any atom is -0.465 e. The lowest BCUT2D eigenvalue weighted by atomic mass is 9.98. The molecule has 2 aromatic rings. The number of carbonyl (C=O) groups is 2. The van der Waals surface area contributed by atoms with E-state index >= 15 is 0 Å². The lowest BCUT2D eigenvalue weighted by Gasteiger charge is -2.16. The van der Waals surface area contributed by atoms with Crippen molar-refractivity contribution in [3.63, 3.8) is 0 Å². The highest BCUT2D eigenvalue weighted by Gasteiger charge is 2.27. The van der Waals surface area contributed by atoms with Crippen LogP contribution in [0.25, 0.3) is 0 Å². The van der Waals surface area contributed by atoms with E-state index in [9.17, 15) is 9.59 Å². The molecule has 1 atom stereocenters. The van der Waals surface area contributed by atoms with Gasteiger partial charge >= 0.3 is 5.97 Å². The molecule has 0 aliphatic heterocycles. The normalized spacial score (nSPS) is 11.4. The number of nitrogen functional groups attached to an aromatic ring is 1. The zero-order valence-corrected chi connectivity index (χ0v) is 14.7. The van der Waals surface area contributed by atoms with Crippen molar-refractivity contribution in [1.82, 2.24) is 0 Å². The van der Waals surface area contributed by atoms with Gasteiger partial charge in [-0.3, -0.25) is 15.0 Å². The molecule has 0 aliphatic rings. The molecule has 2 aromatic carbocycles. The quantitative estimate of drug-likeness (QED) is 0.294. The van der Waals surface area contributed by atoms with Crippen LogP contribution in [-0.2, 0) is 20.7 Å². The molecule has 0 bridgehead atoms. The van der Waals surface area contributed by atoms with Gasteiger partial charge in [-0.05, 0) is 49.6 Å². The number of amides is 1. The summed E-state index contributed by atoms with van der Waals surface area (Å²) in [6.07, 6.45) is 0.960. The molecule has 4 N–H and O–H groups in total. The van der Waals surface area contributed by atoms with Crippen LogP contribution in [0, 0.1) is 11.3 Å². The van der Waals surface area contributed by atoms with Gasteiger partial charge in [0, 0.05) is 11.3 Å². The van der Waals surface area contributed by atoms with Crippen molar-refractivity contribution in [3.05, 3.63) is 65.7 Å². The van der Waals surface area contributed by atoms with Crippen molar-refractivity contribution in [2.75, 3.05) is 11.9 Å². The SMILES string of the molecule is CCOC(=O)C(CCc1ccccc1)C(=O)Nc1ccc(C(=N)N)cc1. The van der Waals surface area contributed by atoms with Crippen LogP contribution in [0.15, 0.2) is 54.6 Å². The number of amidine groups is 1. The van der Waals surface area contributed by atoms with Crippen LogP contribution >= 0.6 is 0 Å². The van der Waals surface area contributed by atoms with Crippen molar-refractivity contribution < 1.29 is 14.3 Å². The zero-order chi connectivity index (χ0) is 18.9. The topological polar surface area (TPSA) is 105 Å². The summed E-state index contributed by atoms with van der Waals surface area (Å²) in [5.41, 5.74) is 7.57. The molecule has 0 aliphatic carbocycles. The molecular weight excluding hydrogens is 330 g/mol.